The fourth-order valence-corrected chi connectivity index (χ4v) is 3.33. The van der Waals surface area contributed by atoms with Gasteiger partial charge in [-0.05, 0) is 44.1 Å². The van der Waals surface area contributed by atoms with E-state index in [1.807, 2.05) is 6.92 Å². The Kier molecular flexibility index (Phi) is 5.04. The van der Waals surface area contributed by atoms with Crippen molar-refractivity contribution in [2.45, 2.75) is 46.1 Å². The molecule has 0 heterocycles. The zero-order chi connectivity index (χ0) is 15.4. The summed E-state index contributed by atoms with van der Waals surface area (Å²) in [6.07, 6.45) is 3.57. The fraction of sp³-hybridized carbons (Fsp3) is 0.625. The Hall–Kier alpha value is -1.78. The van der Waals surface area contributed by atoms with Crippen LogP contribution < -0.4 is 10.1 Å². The number of anilines is 1. The number of benzene rings is 1. The lowest BCUT2D eigenvalue weighted by molar-refractivity contribution is -0.385. The average molecular weight is 292 g/mol. The number of ether oxygens (including phenoxy) is 1. The second-order valence-electron chi connectivity index (χ2n) is 6.13. The summed E-state index contributed by atoms with van der Waals surface area (Å²) in [6.45, 7) is 6.81. The van der Waals surface area contributed by atoms with Gasteiger partial charge in [0.1, 0.15) is 0 Å². The van der Waals surface area contributed by atoms with Gasteiger partial charge in [-0.15, -0.1) is 0 Å². The van der Waals surface area contributed by atoms with Crippen molar-refractivity contribution in [2.75, 3.05) is 11.9 Å². The number of hydrogen-bond donors (Lipinski definition) is 1. The minimum Gasteiger partial charge on any atom is -0.487 e. The van der Waals surface area contributed by atoms with Crippen LogP contribution in [0.15, 0.2) is 18.2 Å². The highest BCUT2D eigenvalue weighted by atomic mass is 16.6. The van der Waals surface area contributed by atoms with Crippen molar-refractivity contribution in [1.29, 1.82) is 0 Å². The average Bonchev–Trinajstić information content (AvgIpc) is 2.37. The molecule has 1 aliphatic rings. The van der Waals surface area contributed by atoms with Crippen LogP contribution in [0.25, 0.3) is 0 Å². The van der Waals surface area contributed by atoms with Crippen molar-refractivity contribution in [3.05, 3.63) is 28.3 Å². The monoisotopic (exact) mass is 292 g/mol. The van der Waals surface area contributed by atoms with Crippen molar-refractivity contribution in [3.8, 4) is 5.75 Å². The predicted octanol–water partition coefficient (Wildman–Crippen LogP) is 4.23. The number of nitrogens with zero attached hydrogens (tertiary/aromatic N) is 1. The van der Waals surface area contributed by atoms with Gasteiger partial charge in [-0.1, -0.05) is 13.8 Å². The molecule has 5 nitrogen and oxygen atoms in total. The van der Waals surface area contributed by atoms with Gasteiger partial charge in [-0.3, -0.25) is 10.1 Å². The third-order valence-electron chi connectivity index (χ3n) is 4.01. The van der Waals surface area contributed by atoms with Crippen molar-refractivity contribution < 1.29 is 9.66 Å². The van der Waals surface area contributed by atoms with Crippen LogP contribution in [0.2, 0.25) is 0 Å². The molecule has 5 heteroatoms. The molecule has 0 bridgehead atoms. The molecule has 1 aromatic carbocycles. The second kappa shape index (κ2) is 6.78. The summed E-state index contributed by atoms with van der Waals surface area (Å²) in [4.78, 5) is 10.6. The third kappa shape index (κ3) is 4.09. The van der Waals surface area contributed by atoms with Gasteiger partial charge >= 0.3 is 5.69 Å². The molecule has 0 spiro atoms. The summed E-state index contributed by atoms with van der Waals surface area (Å²) >= 11 is 0. The topological polar surface area (TPSA) is 64.4 Å². The molecule has 1 aromatic rings. The first-order valence-electron chi connectivity index (χ1n) is 7.67. The first-order chi connectivity index (χ1) is 9.99. The number of nitro groups is 1. The molecule has 0 saturated heterocycles. The highest BCUT2D eigenvalue weighted by molar-refractivity contribution is 5.58. The largest absolute Gasteiger partial charge is 0.487 e. The fourth-order valence-electron chi connectivity index (χ4n) is 3.33. The lowest BCUT2D eigenvalue weighted by Gasteiger charge is -2.32. The van der Waals surface area contributed by atoms with Gasteiger partial charge in [0.2, 0.25) is 0 Å². The quantitative estimate of drug-likeness (QED) is 0.651. The Balaban J connectivity index is 2.13. The van der Waals surface area contributed by atoms with Crippen molar-refractivity contribution >= 4 is 11.4 Å². The van der Waals surface area contributed by atoms with Gasteiger partial charge in [0.25, 0.3) is 0 Å². The SMILES string of the molecule is CCOc1cc(NC2CC(C)CC(C)C2)ccc1[N+](=O)[O-]. The Morgan fingerprint density at radius 1 is 1.29 bits per heavy atom. The van der Waals surface area contributed by atoms with Gasteiger partial charge < -0.3 is 10.1 Å². The molecular formula is C16H24N2O3. The lowest BCUT2D eigenvalue weighted by atomic mass is 9.80. The van der Waals surface area contributed by atoms with E-state index in [1.165, 1.54) is 12.5 Å². The predicted molar refractivity (Wildman–Crippen MR) is 83.9 cm³/mol. The Labute approximate surface area is 125 Å². The molecule has 1 saturated carbocycles. The summed E-state index contributed by atoms with van der Waals surface area (Å²) in [5.74, 6) is 1.77. The molecule has 0 amide bonds. The summed E-state index contributed by atoms with van der Waals surface area (Å²) in [6, 6.07) is 5.46. The molecule has 2 unspecified atom stereocenters. The van der Waals surface area contributed by atoms with Crippen LogP contribution in [0.3, 0.4) is 0 Å². The van der Waals surface area contributed by atoms with E-state index in [4.69, 9.17) is 4.74 Å². The molecule has 1 aliphatic carbocycles. The van der Waals surface area contributed by atoms with Gasteiger partial charge in [0.15, 0.2) is 5.75 Å². The maximum Gasteiger partial charge on any atom is 0.311 e. The minimum atomic E-state index is -0.403. The molecule has 0 aromatic heterocycles. The molecule has 2 rings (SSSR count). The highest BCUT2D eigenvalue weighted by Crippen LogP contribution is 2.33. The maximum absolute atomic E-state index is 11.0. The van der Waals surface area contributed by atoms with Crippen LogP contribution in [-0.4, -0.2) is 17.6 Å². The Morgan fingerprint density at radius 2 is 1.95 bits per heavy atom. The standard InChI is InChI=1S/C16H24N2O3/c1-4-21-16-10-13(5-6-15(16)18(19)20)17-14-8-11(2)7-12(3)9-14/h5-6,10-12,14,17H,4,7-9H2,1-3H3. The van der Waals surface area contributed by atoms with Gasteiger partial charge in [-0.25, -0.2) is 0 Å². The van der Waals surface area contributed by atoms with Crippen LogP contribution in [0.4, 0.5) is 11.4 Å². The summed E-state index contributed by atoms with van der Waals surface area (Å²) < 4.78 is 5.39. The van der Waals surface area contributed by atoms with Crippen molar-refractivity contribution in [1.82, 2.24) is 0 Å². The number of nitro benzene ring substituents is 1. The summed E-state index contributed by atoms with van der Waals surface area (Å²) in [5.41, 5.74) is 0.920. The summed E-state index contributed by atoms with van der Waals surface area (Å²) in [7, 11) is 0. The number of nitrogens with one attached hydrogen (secondary N) is 1. The first-order valence-corrected chi connectivity index (χ1v) is 7.67. The number of rotatable bonds is 5. The Morgan fingerprint density at radius 3 is 2.52 bits per heavy atom. The Bertz CT molecular complexity index is 494. The van der Waals surface area contributed by atoms with Crippen molar-refractivity contribution in [2.24, 2.45) is 11.8 Å². The molecule has 0 radical (unpaired) electrons. The molecule has 1 N–H and O–H groups in total. The molecule has 1 fully saturated rings. The first kappa shape index (κ1) is 15.6. The molecular weight excluding hydrogens is 268 g/mol. The van der Waals surface area contributed by atoms with E-state index in [0.717, 1.165) is 30.4 Å². The van der Waals surface area contributed by atoms with Gasteiger partial charge in [0, 0.05) is 23.9 Å². The lowest BCUT2D eigenvalue weighted by Crippen LogP contribution is -2.30. The van der Waals surface area contributed by atoms with E-state index in [0.29, 0.717) is 18.4 Å². The van der Waals surface area contributed by atoms with Gasteiger partial charge in [0.05, 0.1) is 11.5 Å². The molecule has 2 atom stereocenters. The van der Waals surface area contributed by atoms with Crippen LogP contribution in [0.5, 0.6) is 5.75 Å². The third-order valence-corrected chi connectivity index (χ3v) is 4.01. The van der Waals surface area contributed by atoms with E-state index in [-0.39, 0.29) is 5.69 Å². The highest BCUT2D eigenvalue weighted by Gasteiger charge is 2.24. The van der Waals surface area contributed by atoms with Crippen LogP contribution in [0, 0.1) is 22.0 Å². The van der Waals surface area contributed by atoms with Crippen molar-refractivity contribution in [3.63, 3.8) is 0 Å². The minimum absolute atomic E-state index is 0.0211. The molecule has 116 valence electrons. The molecule has 0 aliphatic heterocycles. The zero-order valence-corrected chi connectivity index (χ0v) is 13.0. The van der Waals surface area contributed by atoms with Gasteiger partial charge in [-0.2, -0.15) is 0 Å². The van der Waals surface area contributed by atoms with E-state index in [1.54, 1.807) is 12.1 Å². The van der Waals surface area contributed by atoms with Crippen LogP contribution in [-0.2, 0) is 0 Å². The summed E-state index contributed by atoms with van der Waals surface area (Å²) in [5, 5.41) is 14.5. The normalized spacial score (nSPS) is 25.4. The second-order valence-corrected chi connectivity index (χ2v) is 6.13. The van der Waals surface area contributed by atoms with E-state index < -0.39 is 4.92 Å². The zero-order valence-electron chi connectivity index (χ0n) is 13.0. The van der Waals surface area contributed by atoms with E-state index in [2.05, 4.69) is 19.2 Å². The van der Waals surface area contributed by atoms with E-state index in [9.17, 15) is 10.1 Å². The smallest absolute Gasteiger partial charge is 0.311 e. The van der Waals surface area contributed by atoms with E-state index >= 15 is 0 Å². The van der Waals surface area contributed by atoms with Crippen LogP contribution >= 0.6 is 0 Å². The van der Waals surface area contributed by atoms with Crippen LogP contribution in [0.1, 0.15) is 40.0 Å². The maximum atomic E-state index is 11.0. The molecule has 21 heavy (non-hydrogen) atoms. The number of hydrogen-bond acceptors (Lipinski definition) is 4.